The third-order valence-electron chi connectivity index (χ3n) is 4.54. The highest BCUT2D eigenvalue weighted by Gasteiger charge is 2.35. The molecule has 1 aliphatic heterocycles. The second kappa shape index (κ2) is 5.88. The van der Waals surface area contributed by atoms with Crippen LogP contribution in [0.1, 0.15) is 31.1 Å². The zero-order valence-corrected chi connectivity index (χ0v) is 13.9. The molecule has 0 unspecified atom stereocenters. The average Bonchev–Trinajstić information content (AvgIpc) is 2.65. The Morgan fingerprint density at radius 2 is 1.68 bits per heavy atom. The number of carboxylic acids is 1. The number of carboxylic acid groups (broad SMARTS) is 1. The summed E-state index contributed by atoms with van der Waals surface area (Å²) in [4.78, 5) is 48.3. The molecule has 3 aromatic rings. The fourth-order valence-electron chi connectivity index (χ4n) is 3.30. The van der Waals surface area contributed by atoms with E-state index in [2.05, 4.69) is 0 Å². The maximum Gasteiger partial charge on any atom is 0.335 e. The zero-order valence-electron chi connectivity index (χ0n) is 13.9. The van der Waals surface area contributed by atoms with Gasteiger partial charge in [0.2, 0.25) is 0 Å². The van der Waals surface area contributed by atoms with E-state index >= 15 is 0 Å². The van der Waals surface area contributed by atoms with Crippen LogP contribution in [0.3, 0.4) is 0 Å². The van der Waals surface area contributed by atoms with E-state index in [1.54, 1.807) is 0 Å². The minimum absolute atomic E-state index is 0.0746. The molecule has 9 nitrogen and oxygen atoms in total. The lowest BCUT2D eigenvalue weighted by atomic mass is 9.92. The van der Waals surface area contributed by atoms with Gasteiger partial charge in [0.1, 0.15) is 0 Å². The molecule has 3 aromatic carbocycles. The summed E-state index contributed by atoms with van der Waals surface area (Å²) in [6.45, 7) is 0. The van der Waals surface area contributed by atoms with Gasteiger partial charge in [-0.3, -0.25) is 19.7 Å². The summed E-state index contributed by atoms with van der Waals surface area (Å²) in [5.74, 6) is -3.79. The van der Waals surface area contributed by atoms with Crippen LogP contribution in [-0.4, -0.2) is 27.8 Å². The monoisotopic (exact) mass is 377 g/mol. The highest BCUT2D eigenvalue weighted by atomic mass is 16.6. The van der Waals surface area contributed by atoms with Crippen LogP contribution < -0.4 is 10.0 Å². The van der Waals surface area contributed by atoms with Crippen molar-refractivity contribution in [3.05, 3.63) is 75.3 Å². The van der Waals surface area contributed by atoms with Gasteiger partial charge < -0.3 is 10.2 Å². The number of nitro groups is 1. The van der Waals surface area contributed by atoms with Crippen molar-refractivity contribution < 1.29 is 29.5 Å². The van der Waals surface area contributed by atoms with Crippen LogP contribution >= 0.6 is 0 Å². The van der Waals surface area contributed by atoms with E-state index < -0.39 is 34.0 Å². The number of carbonyl (C=O) groups is 3. The quantitative estimate of drug-likeness (QED) is 0.419. The van der Waals surface area contributed by atoms with E-state index in [1.807, 2.05) is 0 Å². The van der Waals surface area contributed by atoms with Gasteiger partial charge in [-0.2, -0.15) is 0 Å². The van der Waals surface area contributed by atoms with Gasteiger partial charge in [-0.15, -0.1) is 0 Å². The molecule has 138 valence electrons. The van der Waals surface area contributed by atoms with Crippen LogP contribution in [0.2, 0.25) is 0 Å². The molecule has 1 heterocycles. The van der Waals surface area contributed by atoms with Gasteiger partial charge in [0.05, 0.1) is 21.6 Å². The minimum Gasteiger partial charge on any atom is -0.872 e. The number of non-ortho nitro benzene ring substituents is 1. The molecule has 0 saturated heterocycles. The number of carbonyl (C=O) groups excluding carboxylic acids is 2. The summed E-state index contributed by atoms with van der Waals surface area (Å²) >= 11 is 0. The lowest BCUT2D eigenvalue weighted by Crippen LogP contribution is -2.40. The highest BCUT2D eigenvalue weighted by molar-refractivity contribution is 6.36. The number of benzene rings is 3. The van der Waals surface area contributed by atoms with Crippen molar-refractivity contribution in [2.75, 3.05) is 4.90 Å². The van der Waals surface area contributed by atoms with Crippen molar-refractivity contribution in [1.29, 1.82) is 0 Å². The third-order valence-corrected chi connectivity index (χ3v) is 4.54. The van der Waals surface area contributed by atoms with E-state index in [1.165, 1.54) is 36.4 Å². The molecule has 0 radical (unpaired) electrons. The van der Waals surface area contributed by atoms with Crippen molar-refractivity contribution >= 4 is 39.9 Å². The first kappa shape index (κ1) is 17.2. The van der Waals surface area contributed by atoms with Gasteiger partial charge in [-0.05, 0) is 36.4 Å². The molecule has 0 spiro atoms. The Morgan fingerprint density at radius 1 is 1.00 bits per heavy atom. The van der Waals surface area contributed by atoms with Gasteiger partial charge >= 0.3 is 5.97 Å². The average molecular weight is 377 g/mol. The number of hydrogen-bond acceptors (Lipinski definition) is 6. The highest BCUT2D eigenvalue weighted by Crippen LogP contribution is 2.37. The molecule has 0 saturated carbocycles. The van der Waals surface area contributed by atoms with Crippen LogP contribution in [0.25, 0.3) is 10.8 Å². The van der Waals surface area contributed by atoms with E-state index in [4.69, 9.17) is 5.11 Å². The summed E-state index contributed by atoms with van der Waals surface area (Å²) in [6, 6.07) is 9.90. The SMILES string of the molecule is O=C(O)c1ccc(N2C(=O)c3cccc4c([N+](=O)[O-])ccc(c34)C2=O)cc1[O-]. The molecule has 1 N–H and O–H groups in total. The van der Waals surface area contributed by atoms with Crippen LogP contribution in [0.5, 0.6) is 5.75 Å². The Balaban J connectivity index is 1.93. The van der Waals surface area contributed by atoms with E-state index in [0.717, 1.165) is 17.0 Å². The molecule has 0 aromatic heterocycles. The molecule has 2 amide bonds. The molecule has 28 heavy (non-hydrogen) atoms. The van der Waals surface area contributed by atoms with Crippen molar-refractivity contribution in [2.45, 2.75) is 0 Å². The molecule has 0 bridgehead atoms. The Bertz CT molecular complexity index is 1210. The van der Waals surface area contributed by atoms with Gasteiger partial charge in [0.15, 0.2) is 0 Å². The fourth-order valence-corrected chi connectivity index (χ4v) is 3.30. The second-order valence-corrected chi connectivity index (χ2v) is 6.05. The standard InChI is InChI=1S/C19H10N2O7/c22-15-8-9(4-5-11(15)19(25)26)20-17(23)12-3-1-2-10-14(21(27)28)7-6-13(16(10)12)18(20)24/h1-8,22H,(H,25,26)/p-1. The predicted octanol–water partition coefficient (Wildman–Crippen LogP) is 2.32. The first-order valence-corrected chi connectivity index (χ1v) is 7.94. The van der Waals surface area contributed by atoms with Gasteiger partial charge in [0, 0.05) is 22.6 Å². The molecule has 0 fully saturated rings. The molecule has 0 atom stereocenters. The number of amides is 2. The van der Waals surface area contributed by atoms with Crippen molar-refractivity contribution in [2.24, 2.45) is 0 Å². The van der Waals surface area contributed by atoms with E-state index in [0.29, 0.717) is 0 Å². The lowest BCUT2D eigenvalue weighted by molar-refractivity contribution is -0.383. The smallest absolute Gasteiger partial charge is 0.335 e. The first-order chi connectivity index (χ1) is 13.3. The van der Waals surface area contributed by atoms with E-state index in [9.17, 15) is 29.6 Å². The summed E-state index contributed by atoms with van der Waals surface area (Å²) in [5.41, 5.74) is -0.650. The topological polar surface area (TPSA) is 141 Å². The zero-order chi connectivity index (χ0) is 20.2. The number of imide groups is 1. The van der Waals surface area contributed by atoms with Crippen LogP contribution in [0, 0.1) is 10.1 Å². The van der Waals surface area contributed by atoms with Crippen LogP contribution in [0.15, 0.2) is 48.5 Å². The predicted molar refractivity (Wildman–Crippen MR) is 94.6 cm³/mol. The fraction of sp³-hybridized carbons (Fsp3) is 0. The van der Waals surface area contributed by atoms with Gasteiger partial charge in [-0.1, -0.05) is 11.8 Å². The number of nitrogens with zero attached hydrogens (tertiary/aromatic N) is 2. The molecular weight excluding hydrogens is 368 g/mol. The number of aromatic carboxylic acids is 1. The second-order valence-electron chi connectivity index (χ2n) is 6.05. The number of rotatable bonds is 3. The van der Waals surface area contributed by atoms with Crippen molar-refractivity contribution in [1.82, 2.24) is 0 Å². The van der Waals surface area contributed by atoms with Crippen molar-refractivity contribution in [3.8, 4) is 5.75 Å². The molecular formula is C19H9N2O7-. The summed E-state index contributed by atoms with van der Waals surface area (Å²) in [7, 11) is 0. The Morgan fingerprint density at radius 3 is 2.29 bits per heavy atom. The first-order valence-electron chi connectivity index (χ1n) is 7.94. The van der Waals surface area contributed by atoms with E-state index in [-0.39, 0.29) is 33.3 Å². The number of anilines is 1. The Hall–Kier alpha value is -4.27. The normalized spacial score (nSPS) is 13.1. The lowest BCUT2D eigenvalue weighted by Gasteiger charge is -2.28. The summed E-state index contributed by atoms with van der Waals surface area (Å²) in [5, 5.41) is 32.6. The van der Waals surface area contributed by atoms with Gasteiger partial charge in [-0.25, -0.2) is 9.69 Å². The maximum atomic E-state index is 12.9. The van der Waals surface area contributed by atoms with Crippen LogP contribution in [0.4, 0.5) is 11.4 Å². The Kier molecular flexibility index (Phi) is 3.60. The minimum atomic E-state index is -1.42. The number of nitro benzene ring substituents is 1. The van der Waals surface area contributed by atoms with Gasteiger partial charge in [0.25, 0.3) is 17.5 Å². The molecule has 4 rings (SSSR count). The maximum absolute atomic E-state index is 12.9. The summed E-state index contributed by atoms with van der Waals surface area (Å²) in [6.07, 6.45) is 0. The Labute approximate surface area is 156 Å². The molecule has 1 aliphatic rings. The van der Waals surface area contributed by atoms with Crippen molar-refractivity contribution in [3.63, 3.8) is 0 Å². The largest absolute Gasteiger partial charge is 0.872 e. The summed E-state index contributed by atoms with van der Waals surface area (Å²) < 4.78 is 0. The molecule has 9 heteroatoms. The van der Waals surface area contributed by atoms with Crippen LogP contribution in [-0.2, 0) is 0 Å². The third kappa shape index (κ3) is 2.30. The number of hydrogen-bond donors (Lipinski definition) is 1. The molecule has 0 aliphatic carbocycles.